The molecule has 12 nitrogen and oxygen atoms in total. The number of methoxy groups -OCH3 is 3. The predicted octanol–water partition coefficient (Wildman–Crippen LogP) is 6.23. The number of thioether (sulfide) groups is 1. The van der Waals surface area contributed by atoms with Crippen molar-refractivity contribution in [3.8, 4) is 5.75 Å². The minimum atomic E-state index is -2.94. The standard InChI is InChI=1S/C48H60F2N4O8S/c1-9-45-15-11-17-54-19-16-46(39(45)54)33-22-34(37(59-6)23-36(33)52(5)40(46)48(58,43(57)61-8)41(45)62-27(3)55)47(42(56)60-7)24-28-20-29(44(4,49)50)26-53(25-28)18-14-31-32-21-30(63-10-2)12-13-35(32)51-38(31)47/h11-13,15,21-23,28-29,39-41,51,58H,9-10,14,16-20,24-26H2,1-8H3/t28-,29+,39-,40+,41+,45+,46+,47-,48-/m0/s1. The van der Waals surface area contributed by atoms with Crippen molar-refractivity contribution in [3.63, 3.8) is 0 Å². The van der Waals surface area contributed by atoms with Crippen molar-refractivity contribution in [1.82, 2.24) is 14.8 Å². The Kier molecular flexibility index (Phi) is 10.8. The van der Waals surface area contributed by atoms with E-state index in [1.165, 1.54) is 21.1 Å². The maximum absolute atomic E-state index is 15.5. The number of ether oxygens (including phenoxy) is 4. The Hall–Kier alpha value is -4.18. The summed E-state index contributed by atoms with van der Waals surface area (Å²) in [7, 11) is 5.98. The average Bonchev–Trinajstić information content (AvgIpc) is 3.92. The molecule has 15 heteroatoms. The molecule has 1 aliphatic carbocycles. The number of hydrogen-bond donors (Lipinski definition) is 2. The molecule has 0 radical (unpaired) electrons. The highest BCUT2D eigenvalue weighted by molar-refractivity contribution is 7.99. The number of nitrogens with one attached hydrogen (secondary N) is 1. The lowest BCUT2D eigenvalue weighted by atomic mass is 9.47. The van der Waals surface area contributed by atoms with Gasteiger partial charge < -0.3 is 38.8 Å². The van der Waals surface area contributed by atoms with E-state index in [1.807, 2.05) is 49.2 Å². The minimum Gasteiger partial charge on any atom is -0.496 e. The third kappa shape index (κ3) is 6.10. The third-order valence-corrected chi connectivity index (χ3v) is 16.8. The number of rotatable bonds is 9. The van der Waals surface area contributed by atoms with Crippen molar-refractivity contribution < 1.29 is 47.2 Å². The Morgan fingerprint density at radius 1 is 1.02 bits per heavy atom. The van der Waals surface area contributed by atoms with Crippen LogP contribution in [0.2, 0.25) is 0 Å². The van der Waals surface area contributed by atoms with Crippen LogP contribution in [0.3, 0.4) is 0 Å². The number of hydrogen-bond acceptors (Lipinski definition) is 12. The summed E-state index contributed by atoms with van der Waals surface area (Å²) >= 11 is 1.72. The molecule has 340 valence electrons. The highest BCUT2D eigenvalue weighted by Crippen LogP contribution is 2.68. The molecule has 9 rings (SSSR count). The minimum absolute atomic E-state index is 0.151. The van der Waals surface area contributed by atoms with E-state index in [0.717, 1.165) is 39.6 Å². The van der Waals surface area contributed by atoms with Crippen LogP contribution in [0.25, 0.3) is 10.9 Å². The smallest absolute Gasteiger partial charge is 0.344 e. The number of benzene rings is 2. The lowest BCUT2D eigenvalue weighted by molar-refractivity contribution is -0.228. The molecular formula is C48H60F2N4O8S. The van der Waals surface area contributed by atoms with E-state index in [1.54, 1.807) is 18.9 Å². The number of anilines is 1. The van der Waals surface area contributed by atoms with Gasteiger partial charge in [-0.3, -0.25) is 14.5 Å². The molecule has 1 saturated carbocycles. The molecular weight excluding hydrogens is 831 g/mol. The predicted molar refractivity (Wildman–Crippen MR) is 236 cm³/mol. The Morgan fingerprint density at radius 3 is 2.44 bits per heavy atom. The summed E-state index contributed by atoms with van der Waals surface area (Å²) in [6.07, 6.45) is 4.53. The highest BCUT2D eigenvalue weighted by Gasteiger charge is 2.80. The van der Waals surface area contributed by atoms with Crippen LogP contribution in [0, 0.1) is 17.3 Å². The molecule has 10 atom stereocenters. The monoisotopic (exact) mass is 890 g/mol. The molecule has 6 heterocycles. The molecule has 0 amide bonds. The first-order valence-corrected chi connectivity index (χ1v) is 23.3. The van der Waals surface area contributed by atoms with Gasteiger partial charge in [-0.15, -0.1) is 11.8 Å². The van der Waals surface area contributed by atoms with Gasteiger partial charge in [0.1, 0.15) is 11.2 Å². The van der Waals surface area contributed by atoms with Gasteiger partial charge >= 0.3 is 17.9 Å². The fourth-order valence-electron chi connectivity index (χ4n) is 13.7. The number of esters is 3. The van der Waals surface area contributed by atoms with Crippen molar-refractivity contribution in [1.29, 1.82) is 0 Å². The largest absolute Gasteiger partial charge is 0.496 e. The number of halogens is 2. The quantitative estimate of drug-likeness (QED) is 0.109. The number of aliphatic hydroxyl groups is 1. The van der Waals surface area contributed by atoms with E-state index in [0.29, 0.717) is 68.1 Å². The van der Waals surface area contributed by atoms with E-state index >= 15 is 13.6 Å². The first-order chi connectivity index (χ1) is 30.0. The molecule has 1 unspecified atom stereocenters. The molecule has 63 heavy (non-hydrogen) atoms. The second kappa shape index (κ2) is 15.5. The molecule has 6 aliphatic rings. The number of likely N-dealkylation sites (N-methyl/N-ethyl adjacent to an activating group) is 1. The van der Waals surface area contributed by atoms with E-state index < -0.39 is 63.7 Å². The molecule has 2 aromatic carbocycles. The fraction of sp³-hybridized carbons (Fsp3) is 0.604. The summed E-state index contributed by atoms with van der Waals surface area (Å²) in [4.78, 5) is 54.2. The van der Waals surface area contributed by atoms with Gasteiger partial charge in [0.15, 0.2) is 6.10 Å². The molecule has 2 saturated heterocycles. The van der Waals surface area contributed by atoms with Gasteiger partial charge in [0, 0.05) is 102 Å². The summed E-state index contributed by atoms with van der Waals surface area (Å²) in [5, 5.41) is 14.3. The second-order valence-electron chi connectivity index (χ2n) is 18.9. The maximum Gasteiger partial charge on any atom is 0.344 e. The number of alkyl halides is 2. The third-order valence-electron chi connectivity index (χ3n) is 15.9. The molecule has 1 spiro atoms. The van der Waals surface area contributed by atoms with Crippen LogP contribution >= 0.6 is 11.8 Å². The maximum atomic E-state index is 15.5. The number of piperidine rings is 1. The van der Waals surface area contributed by atoms with E-state index in [-0.39, 0.29) is 31.3 Å². The number of aromatic nitrogens is 1. The first kappa shape index (κ1) is 44.0. The number of fused-ring (bicyclic) bond motifs is 6. The Morgan fingerprint density at radius 2 is 1.78 bits per heavy atom. The molecule has 3 fully saturated rings. The van der Waals surface area contributed by atoms with Crippen molar-refractivity contribution >= 4 is 46.3 Å². The first-order valence-electron chi connectivity index (χ1n) is 22.3. The lowest BCUT2D eigenvalue weighted by Crippen LogP contribution is -2.81. The van der Waals surface area contributed by atoms with Crippen molar-refractivity contribution in [2.24, 2.45) is 17.3 Å². The van der Waals surface area contributed by atoms with E-state index in [2.05, 4.69) is 33.8 Å². The van der Waals surface area contributed by atoms with Crippen LogP contribution in [0.1, 0.15) is 75.8 Å². The van der Waals surface area contributed by atoms with Gasteiger partial charge in [0.25, 0.3) is 0 Å². The van der Waals surface area contributed by atoms with Gasteiger partial charge in [0.2, 0.25) is 11.5 Å². The SMILES string of the molecule is CCSc1ccc2[nH]c3c(c2c1)CCN1C[C@@H](C[C@@H](C(C)(F)F)C1)C[C@]3(C(=O)OC)c1cc2c(cc1OC)N(C)[C@H]1[C@@](O)(C(=O)OC)[C@H](OC(C)=O)[C@]3(CC)C=CCN4CC[C@]21[C@@H]43. The Labute approximate surface area is 372 Å². The van der Waals surface area contributed by atoms with Crippen LogP contribution < -0.4 is 9.64 Å². The van der Waals surface area contributed by atoms with Gasteiger partial charge in [-0.25, -0.2) is 13.6 Å². The summed E-state index contributed by atoms with van der Waals surface area (Å²) < 4.78 is 54.8. The second-order valence-corrected chi connectivity index (χ2v) is 20.3. The average molecular weight is 891 g/mol. The fourth-order valence-corrected chi connectivity index (χ4v) is 14.4. The zero-order valence-corrected chi connectivity index (χ0v) is 38.3. The lowest BCUT2D eigenvalue weighted by Gasteiger charge is -2.63. The number of H-pyrrole nitrogens is 1. The Balaban J connectivity index is 1.36. The number of carbonyl (C=O) groups excluding carboxylic acids is 3. The summed E-state index contributed by atoms with van der Waals surface area (Å²) in [5.41, 5.74) is -1.52. The molecule has 3 aromatic rings. The van der Waals surface area contributed by atoms with Crippen LogP contribution in [0.5, 0.6) is 5.75 Å². The van der Waals surface area contributed by atoms with E-state index in [4.69, 9.17) is 18.9 Å². The molecule has 1 aromatic heterocycles. The van der Waals surface area contributed by atoms with Crippen molar-refractivity contribution in [3.05, 3.63) is 64.9 Å². The van der Waals surface area contributed by atoms with Gasteiger partial charge in [-0.1, -0.05) is 26.0 Å². The van der Waals surface area contributed by atoms with Crippen LogP contribution in [0.15, 0.2) is 47.4 Å². The zero-order chi connectivity index (χ0) is 45.0. The van der Waals surface area contributed by atoms with Crippen LogP contribution in [-0.2, 0) is 45.8 Å². The van der Waals surface area contributed by atoms with Crippen molar-refractivity contribution in [2.45, 2.75) is 105 Å². The number of aromatic amines is 1. The van der Waals surface area contributed by atoms with Gasteiger partial charge in [0.05, 0.1) is 27.4 Å². The van der Waals surface area contributed by atoms with Gasteiger partial charge in [-0.2, -0.15) is 0 Å². The molecule has 2 bridgehead atoms. The Bertz CT molecular complexity index is 2390. The van der Waals surface area contributed by atoms with E-state index in [9.17, 15) is 14.7 Å². The summed E-state index contributed by atoms with van der Waals surface area (Å²) in [5.74, 6) is -5.05. The van der Waals surface area contributed by atoms with Crippen LogP contribution in [-0.4, -0.2) is 134 Å². The molecule has 5 aliphatic heterocycles. The highest BCUT2D eigenvalue weighted by atomic mass is 32.2. The number of carbonyl (C=O) groups is 3. The van der Waals surface area contributed by atoms with Crippen molar-refractivity contribution in [2.75, 3.05) is 71.8 Å². The normalized spacial score (nSPS) is 34.5. The summed E-state index contributed by atoms with van der Waals surface area (Å²) in [6, 6.07) is 8.85. The van der Waals surface area contributed by atoms with Gasteiger partial charge in [-0.05, 0) is 92.6 Å². The zero-order valence-electron chi connectivity index (χ0n) is 37.5. The number of nitrogens with zero attached hydrogens (tertiary/aromatic N) is 3. The summed E-state index contributed by atoms with van der Waals surface area (Å²) in [6.45, 7) is 8.90. The topological polar surface area (TPSA) is 134 Å². The molecule has 2 N–H and O–H groups in total. The van der Waals surface area contributed by atoms with Crippen LogP contribution in [0.4, 0.5) is 14.5 Å².